The summed E-state index contributed by atoms with van der Waals surface area (Å²) in [6.07, 6.45) is 1.76. The van der Waals surface area contributed by atoms with Crippen LogP contribution in [0.1, 0.15) is 26.2 Å². The summed E-state index contributed by atoms with van der Waals surface area (Å²) in [6.45, 7) is 2.35. The fraction of sp³-hybridized carbons (Fsp3) is 0.429. The molecule has 0 heterocycles. The van der Waals surface area contributed by atoms with E-state index >= 15 is 0 Å². The quantitative estimate of drug-likeness (QED) is 0.735. The van der Waals surface area contributed by atoms with E-state index in [0.29, 0.717) is 37.3 Å². The Hall–Kier alpha value is -2.06. The van der Waals surface area contributed by atoms with Crippen LogP contribution in [0.3, 0.4) is 0 Å². The second-order valence-electron chi connectivity index (χ2n) is 4.14. The molecule has 0 radical (unpaired) electrons. The molecule has 0 aliphatic heterocycles. The minimum atomic E-state index is -0.500. The fourth-order valence-corrected chi connectivity index (χ4v) is 1.43. The van der Waals surface area contributed by atoms with E-state index in [1.165, 1.54) is 0 Å². The van der Waals surface area contributed by atoms with Crippen molar-refractivity contribution < 1.29 is 9.53 Å². The summed E-state index contributed by atoms with van der Waals surface area (Å²) >= 11 is 0. The second kappa shape index (κ2) is 8.11. The lowest BCUT2D eigenvalue weighted by Gasteiger charge is -2.11. The van der Waals surface area contributed by atoms with Crippen LogP contribution >= 0.6 is 0 Å². The van der Waals surface area contributed by atoms with Crippen molar-refractivity contribution in [2.45, 2.75) is 32.2 Å². The first-order valence-electron chi connectivity index (χ1n) is 6.33. The summed E-state index contributed by atoms with van der Waals surface area (Å²) in [6, 6.07) is 8.69. The number of carbonyl (C=O) groups is 1. The van der Waals surface area contributed by atoms with Gasteiger partial charge in [0.1, 0.15) is 5.75 Å². The molecule has 1 rings (SSSR count). The highest BCUT2D eigenvalue weighted by Gasteiger charge is 2.10. The first-order chi connectivity index (χ1) is 9.17. The smallest absolute Gasteiger partial charge is 0.241 e. The van der Waals surface area contributed by atoms with Crippen LogP contribution in [0.5, 0.6) is 5.75 Å². The Morgan fingerprint density at radius 1 is 1.58 bits per heavy atom. The van der Waals surface area contributed by atoms with Gasteiger partial charge >= 0.3 is 0 Å². The number of anilines is 1. The van der Waals surface area contributed by atoms with E-state index < -0.39 is 6.04 Å². The Morgan fingerprint density at radius 3 is 3.05 bits per heavy atom. The van der Waals surface area contributed by atoms with E-state index in [4.69, 9.17) is 15.7 Å². The van der Waals surface area contributed by atoms with Crippen molar-refractivity contribution in [2.24, 2.45) is 5.73 Å². The third-order valence-corrected chi connectivity index (χ3v) is 2.58. The maximum atomic E-state index is 11.6. The van der Waals surface area contributed by atoms with E-state index in [2.05, 4.69) is 11.4 Å². The fourth-order valence-electron chi connectivity index (χ4n) is 1.43. The third kappa shape index (κ3) is 5.40. The van der Waals surface area contributed by atoms with Gasteiger partial charge in [0.2, 0.25) is 5.91 Å². The summed E-state index contributed by atoms with van der Waals surface area (Å²) in [5.41, 5.74) is 6.30. The minimum absolute atomic E-state index is 0.205. The average Bonchev–Trinajstić information content (AvgIpc) is 2.43. The molecule has 5 nitrogen and oxygen atoms in total. The lowest BCUT2D eigenvalue weighted by molar-refractivity contribution is -0.117. The van der Waals surface area contributed by atoms with Gasteiger partial charge < -0.3 is 15.8 Å². The summed E-state index contributed by atoms with van der Waals surface area (Å²) in [4.78, 5) is 11.6. The van der Waals surface area contributed by atoms with Gasteiger partial charge in [0.15, 0.2) is 0 Å². The molecule has 0 spiro atoms. The van der Waals surface area contributed by atoms with E-state index in [1.807, 2.05) is 13.0 Å². The Morgan fingerprint density at radius 2 is 2.37 bits per heavy atom. The number of carbonyl (C=O) groups excluding carboxylic acids is 1. The zero-order valence-electron chi connectivity index (χ0n) is 11.1. The highest BCUT2D eigenvalue weighted by atomic mass is 16.5. The molecule has 19 heavy (non-hydrogen) atoms. The zero-order valence-corrected chi connectivity index (χ0v) is 11.1. The first kappa shape index (κ1) is 15.0. The van der Waals surface area contributed by atoms with Crippen LogP contribution < -0.4 is 15.8 Å². The molecular formula is C14H19N3O2. The summed E-state index contributed by atoms with van der Waals surface area (Å²) < 4.78 is 5.48. The molecule has 0 aromatic heterocycles. The standard InChI is InChI=1S/C14H19N3O2/c1-2-13(16)14(18)17-11-6-5-7-12(10-11)19-9-4-3-8-15/h5-7,10,13H,2-4,9,16H2,1H3,(H,17,18)/t13-/m1/s1. The van der Waals surface area contributed by atoms with Gasteiger partial charge in [-0.2, -0.15) is 5.26 Å². The Labute approximate surface area is 113 Å². The maximum absolute atomic E-state index is 11.6. The minimum Gasteiger partial charge on any atom is -0.493 e. The van der Waals surface area contributed by atoms with E-state index in [9.17, 15) is 4.79 Å². The number of amides is 1. The Bertz CT molecular complexity index is 454. The van der Waals surface area contributed by atoms with Gasteiger partial charge in [-0.25, -0.2) is 0 Å². The largest absolute Gasteiger partial charge is 0.493 e. The van der Waals surface area contributed by atoms with Crippen molar-refractivity contribution in [1.29, 1.82) is 5.26 Å². The Balaban J connectivity index is 2.52. The molecule has 1 amide bonds. The molecule has 5 heteroatoms. The number of ether oxygens (including phenoxy) is 1. The maximum Gasteiger partial charge on any atom is 0.241 e. The molecule has 0 saturated heterocycles. The lowest BCUT2D eigenvalue weighted by atomic mass is 10.2. The van der Waals surface area contributed by atoms with Crippen molar-refractivity contribution in [1.82, 2.24) is 0 Å². The summed E-state index contributed by atoms with van der Waals surface area (Å²) in [5.74, 6) is 0.463. The first-order valence-corrected chi connectivity index (χ1v) is 6.33. The van der Waals surface area contributed by atoms with Crippen LogP contribution in [0.25, 0.3) is 0 Å². The van der Waals surface area contributed by atoms with Gasteiger partial charge in [-0.15, -0.1) is 0 Å². The van der Waals surface area contributed by atoms with Crippen molar-refractivity contribution in [3.63, 3.8) is 0 Å². The van der Waals surface area contributed by atoms with E-state index in [-0.39, 0.29) is 5.91 Å². The normalized spacial score (nSPS) is 11.4. The number of nitrogens with one attached hydrogen (secondary N) is 1. The van der Waals surface area contributed by atoms with Gasteiger partial charge in [-0.05, 0) is 25.0 Å². The average molecular weight is 261 g/mol. The number of nitrogens with zero attached hydrogens (tertiary/aromatic N) is 1. The molecule has 0 bridgehead atoms. The third-order valence-electron chi connectivity index (χ3n) is 2.58. The zero-order chi connectivity index (χ0) is 14.1. The number of nitriles is 1. The van der Waals surface area contributed by atoms with Crippen LogP contribution in [0.15, 0.2) is 24.3 Å². The van der Waals surface area contributed by atoms with Gasteiger partial charge in [0, 0.05) is 18.2 Å². The highest BCUT2D eigenvalue weighted by molar-refractivity contribution is 5.94. The van der Waals surface area contributed by atoms with Gasteiger partial charge in [0.25, 0.3) is 0 Å². The van der Waals surface area contributed by atoms with Crippen LogP contribution in [0.2, 0.25) is 0 Å². The molecule has 0 unspecified atom stereocenters. The summed E-state index contributed by atoms with van der Waals surface area (Å²) in [5, 5.41) is 11.2. The topological polar surface area (TPSA) is 88.1 Å². The predicted molar refractivity (Wildman–Crippen MR) is 73.7 cm³/mol. The number of rotatable bonds is 7. The number of unbranched alkanes of at least 4 members (excludes halogenated alkanes) is 1. The number of hydrogen-bond donors (Lipinski definition) is 2. The van der Waals surface area contributed by atoms with Crippen LogP contribution in [-0.2, 0) is 4.79 Å². The molecule has 0 aliphatic rings. The van der Waals surface area contributed by atoms with Crippen molar-refractivity contribution >= 4 is 11.6 Å². The molecule has 102 valence electrons. The number of benzene rings is 1. The molecule has 1 aromatic carbocycles. The molecule has 0 saturated carbocycles. The van der Waals surface area contributed by atoms with Gasteiger partial charge in [-0.1, -0.05) is 13.0 Å². The van der Waals surface area contributed by atoms with Crippen LogP contribution in [0.4, 0.5) is 5.69 Å². The second-order valence-corrected chi connectivity index (χ2v) is 4.14. The van der Waals surface area contributed by atoms with Crippen molar-refractivity contribution in [3.8, 4) is 11.8 Å². The van der Waals surface area contributed by atoms with Gasteiger partial charge in [-0.3, -0.25) is 4.79 Å². The van der Waals surface area contributed by atoms with Crippen LogP contribution in [-0.4, -0.2) is 18.6 Å². The van der Waals surface area contributed by atoms with E-state index in [0.717, 1.165) is 0 Å². The number of nitrogens with two attached hydrogens (primary N) is 1. The highest BCUT2D eigenvalue weighted by Crippen LogP contribution is 2.17. The molecular weight excluding hydrogens is 242 g/mol. The van der Waals surface area contributed by atoms with Crippen molar-refractivity contribution in [3.05, 3.63) is 24.3 Å². The van der Waals surface area contributed by atoms with Crippen LogP contribution in [0, 0.1) is 11.3 Å². The SMILES string of the molecule is CC[C@@H](N)C(=O)Nc1cccc(OCCCC#N)c1. The molecule has 3 N–H and O–H groups in total. The summed E-state index contributed by atoms with van der Waals surface area (Å²) in [7, 11) is 0. The van der Waals surface area contributed by atoms with Crippen molar-refractivity contribution in [2.75, 3.05) is 11.9 Å². The monoisotopic (exact) mass is 261 g/mol. The molecule has 0 aliphatic carbocycles. The predicted octanol–water partition coefficient (Wildman–Crippen LogP) is 2.04. The van der Waals surface area contributed by atoms with E-state index in [1.54, 1.807) is 18.2 Å². The molecule has 1 aromatic rings. The molecule has 0 fully saturated rings. The van der Waals surface area contributed by atoms with Gasteiger partial charge in [0.05, 0.1) is 18.7 Å². The Kier molecular flexibility index (Phi) is 6.41. The lowest BCUT2D eigenvalue weighted by Crippen LogP contribution is -2.34. The number of hydrogen-bond acceptors (Lipinski definition) is 4. The molecule has 1 atom stereocenters.